The maximum Gasteiger partial charge on any atom is 0.258 e. The van der Waals surface area contributed by atoms with Crippen LogP contribution in [0.1, 0.15) is 44.5 Å². The second-order valence-corrected chi connectivity index (χ2v) is 3.82. The lowest BCUT2D eigenvalue weighted by molar-refractivity contribution is -0.00937. The van der Waals surface area contributed by atoms with Gasteiger partial charge in [0.2, 0.25) is 0 Å². The molecular weight excluding hydrogens is 184 g/mol. The van der Waals surface area contributed by atoms with E-state index in [1.807, 2.05) is 6.92 Å². The van der Waals surface area contributed by atoms with Crippen molar-refractivity contribution < 1.29 is 14.4 Å². The number of aromatic nitrogens is 2. The van der Waals surface area contributed by atoms with Gasteiger partial charge in [0.25, 0.3) is 5.89 Å². The molecule has 1 aliphatic heterocycles. The zero-order valence-electron chi connectivity index (χ0n) is 8.36. The van der Waals surface area contributed by atoms with Crippen LogP contribution in [0.25, 0.3) is 0 Å². The third-order valence-electron chi connectivity index (χ3n) is 2.49. The quantitative estimate of drug-likeness (QED) is 0.772. The van der Waals surface area contributed by atoms with Gasteiger partial charge in [-0.3, -0.25) is 0 Å². The van der Waals surface area contributed by atoms with Crippen molar-refractivity contribution in [2.24, 2.45) is 0 Å². The largest absolute Gasteiger partial charge is 0.385 e. The molecule has 1 aliphatic rings. The van der Waals surface area contributed by atoms with Gasteiger partial charge in [-0.2, -0.15) is 4.98 Å². The Hall–Kier alpha value is -0.940. The van der Waals surface area contributed by atoms with Gasteiger partial charge in [0, 0.05) is 6.61 Å². The fraction of sp³-hybridized carbons (Fsp3) is 0.778. The smallest absolute Gasteiger partial charge is 0.258 e. The molecule has 1 saturated heterocycles. The Morgan fingerprint density at radius 3 is 2.86 bits per heavy atom. The third kappa shape index (κ3) is 1.53. The van der Waals surface area contributed by atoms with Gasteiger partial charge in [0.1, 0.15) is 11.7 Å². The number of rotatable bonds is 2. The number of hydrogen-bond donors (Lipinski definition) is 1. The first kappa shape index (κ1) is 9.61. The van der Waals surface area contributed by atoms with Crippen LogP contribution in [0.15, 0.2) is 4.52 Å². The first-order chi connectivity index (χ1) is 6.62. The predicted molar refractivity (Wildman–Crippen MR) is 47.5 cm³/mol. The standard InChI is InChI=1S/C9H14N2O3/c1-6(12)7-10-8(14-11-7)9(2)4-3-5-13-9/h6,12H,3-5H2,1-2H3. The Kier molecular flexibility index (Phi) is 2.28. The normalized spacial score (nSPS) is 29.4. The molecule has 2 rings (SSSR count). The average Bonchev–Trinajstić information content (AvgIpc) is 2.71. The third-order valence-corrected chi connectivity index (χ3v) is 2.49. The van der Waals surface area contributed by atoms with E-state index in [4.69, 9.17) is 9.26 Å². The van der Waals surface area contributed by atoms with E-state index < -0.39 is 11.7 Å². The molecule has 0 saturated carbocycles. The maximum absolute atomic E-state index is 9.24. The van der Waals surface area contributed by atoms with Crippen molar-refractivity contribution in [1.82, 2.24) is 10.1 Å². The molecule has 0 bridgehead atoms. The highest BCUT2D eigenvalue weighted by molar-refractivity contribution is 5.00. The van der Waals surface area contributed by atoms with E-state index >= 15 is 0 Å². The first-order valence-electron chi connectivity index (χ1n) is 4.78. The van der Waals surface area contributed by atoms with E-state index in [-0.39, 0.29) is 0 Å². The van der Waals surface area contributed by atoms with Crippen LogP contribution in [0, 0.1) is 0 Å². The molecule has 5 nitrogen and oxygen atoms in total. The van der Waals surface area contributed by atoms with E-state index in [1.165, 1.54) is 0 Å². The summed E-state index contributed by atoms with van der Waals surface area (Å²) in [6.45, 7) is 4.26. The Labute approximate surface area is 82.1 Å². The predicted octanol–water partition coefficient (Wildman–Crippen LogP) is 1.15. The van der Waals surface area contributed by atoms with Gasteiger partial charge in [0.15, 0.2) is 5.82 Å². The molecule has 2 atom stereocenters. The first-order valence-corrected chi connectivity index (χ1v) is 4.78. The zero-order chi connectivity index (χ0) is 10.2. The summed E-state index contributed by atoms with van der Waals surface area (Å²) in [6, 6.07) is 0. The molecule has 0 aromatic carbocycles. The minimum atomic E-state index is -0.697. The summed E-state index contributed by atoms with van der Waals surface area (Å²) >= 11 is 0. The molecule has 0 spiro atoms. The van der Waals surface area contributed by atoms with Gasteiger partial charge in [-0.1, -0.05) is 5.16 Å². The fourth-order valence-corrected chi connectivity index (χ4v) is 1.57. The minimum absolute atomic E-state index is 0.316. The molecule has 2 heterocycles. The second kappa shape index (κ2) is 3.33. The topological polar surface area (TPSA) is 68.4 Å². The van der Waals surface area contributed by atoms with Gasteiger partial charge < -0.3 is 14.4 Å². The van der Waals surface area contributed by atoms with Crippen molar-refractivity contribution in [2.75, 3.05) is 6.61 Å². The van der Waals surface area contributed by atoms with Crippen molar-refractivity contribution >= 4 is 0 Å². The lowest BCUT2D eigenvalue weighted by Crippen LogP contribution is -2.20. The number of aliphatic hydroxyl groups is 1. The molecule has 5 heteroatoms. The molecule has 2 unspecified atom stereocenters. The molecule has 1 N–H and O–H groups in total. The second-order valence-electron chi connectivity index (χ2n) is 3.82. The molecule has 78 valence electrons. The summed E-state index contributed by atoms with van der Waals surface area (Å²) in [5.41, 5.74) is -0.458. The summed E-state index contributed by atoms with van der Waals surface area (Å²) in [7, 11) is 0. The minimum Gasteiger partial charge on any atom is -0.385 e. The Morgan fingerprint density at radius 1 is 1.57 bits per heavy atom. The molecular formula is C9H14N2O3. The molecule has 1 aromatic rings. The summed E-state index contributed by atoms with van der Waals surface area (Å²) in [6.07, 6.45) is 1.19. The lowest BCUT2D eigenvalue weighted by Gasteiger charge is -2.16. The van der Waals surface area contributed by atoms with Crippen molar-refractivity contribution in [2.45, 2.75) is 38.4 Å². The Bertz CT molecular complexity index is 316. The van der Waals surface area contributed by atoms with Crippen molar-refractivity contribution in [3.63, 3.8) is 0 Å². The number of aliphatic hydroxyl groups excluding tert-OH is 1. The van der Waals surface area contributed by atoms with Crippen LogP contribution in [0.2, 0.25) is 0 Å². The highest BCUT2D eigenvalue weighted by Gasteiger charge is 2.37. The molecule has 0 amide bonds. The average molecular weight is 198 g/mol. The lowest BCUT2D eigenvalue weighted by atomic mass is 10.0. The van der Waals surface area contributed by atoms with Crippen molar-refractivity contribution in [1.29, 1.82) is 0 Å². The van der Waals surface area contributed by atoms with Crippen molar-refractivity contribution in [3.05, 3.63) is 11.7 Å². The molecule has 0 radical (unpaired) electrons. The fourth-order valence-electron chi connectivity index (χ4n) is 1.57. The molecule has 0 aliphatic carbocycles. The van der Waals surface area contributed by atoms with Crippen LogP contribution in [0.3, 0.4) is 0 Å². The van der Waals surface area contributed by atoms with Crippen LogP contribution >= 0.6 is 0 Å². The number of nitrogens with zero attached hydrogens (tertiary/aromatic N) is 2. The van der Waals surface area contributed by atoms with Crippen LogP contribution in [-0.4, -0.2) is 21.9 Å². The highest BCUT2D eigenvalue weighted by atomic mass is 16.5. The van der Waals surface area contributed by atoms with Crippen molar-refractivity contribution in [3.8, 4) is 0 Å². The van der Waals surface area contributed by atoms with E-state index in [0.717, 1.165) is 19.4 Å². The van der Waals surface area contributed by atoms with Gasteiger partial charge in [-0.05, 0) is 26.7 Å². The Morgan fingerprint density at radius 2 is 2.36 bits per heavy atom. The van der Waals surface area contributed by atoms with E-state index in [1.54, 1.807) is 6.92 Å². The number of hydrogen-bond acceptors (Lipinski definition) is 5. The van der Waals surface area contributed by atoms with Gasteiger partial charge in [-0.25, -0.2) is 0 Å². The summed E-state index contributed by atoms with van der Waals surface area (Å²) in [4.78, 5) is 4.11. The van der Waals surface area contributed by atoms with E-state index in [0.29, 0.717) is 11.7 Å². The van der Waals surface area contributed by atoms with E-state index in [2.05, 4.69) is 10.1 Å². The zero-order valence-corrected chi connectivity index (χ0v) is 8.36. The van der Waals surface area contributed by atoms with Crippen LogP contribution in [0.4, 0.5) is 0 Å². The SMILES string of the molecule is CC(O)c1noc(C2(C)CCCO2)n1. The van der Waals surface area contributed by atoms with Crippen LogP contribution in [-0.2, 0) is 10.3 Å². The van der Waals surface area contributed by atoms with Gasteiger partial charge in [-0.15, -0.1) is 0 Å². The summed E-state index contributed by atoms with van der Waals surface area (Å²) in [5, 5.41) is 12.9. The maximum atomic E-state index is 9.24. The summed E-state index contributed by atoms with van der Waals surface area (Å²) < 4.78 is 10.6. The van der Waals surface area contributed by atoms with Gasteiger partial charge >= 0.3 is 0 Å². The van der Waals surface area contributed by atoms with Crippen LogP contribution in [0.5, 0.6) is 0 Å². The molecule has 1 aromatic heterocycles. The van der Waals surface area contributed by atoms with E-state index in [9.17, 15) is 5.11 Å². The molecule has 14 heavy (non-hydrogen) atoms. The Balaban J connectivity index is 2.23. The van der Waals surface area contributed by atoms with Crippen LogP contribution < -0.4 is 0 Å². The van der Waals surface area contributed by atoms with Gasteiger partial charge in [0.05, 0.1) is 0 Å². The highest BCUT2D eigenvalue weighted by Crippen LogP contribution is 2.34. The number of ether oxygens (including phenoxy) is 1. The monoisotopic (exact) mass is 198 g/mol. The molecule has 1 fully saturated rings. The summed E-state index contributed by atoms with van der Waals surface area (Å²) in [5.74, 6) is 0.780.